The van der Waals surface area contributed by atoms with Gasteiger partial charge in [0.1, 0.15) is 5.82 Å². The third kappa shape index (κ3) is 4.94. The van der Waals surface area contributed by atoms with Crippen molar-refractivity contribution >= 4 is 21.6 Å². The molecule has 160 valence electrons. The fraction of sp³-hybridized carbons (Fsp3) is 0.208. The number of anilines is 1. The molecule has 5 nitrogen and oxygen atoms in total. The molecular formula is C24H23FN2O3S. The van der Waals surface area contributed by atoms with Gasteiger partial charge in [0.25, 0.3) is 15.9 Å². The maximum atomic E-state index is 14.1. The highest BCUT2D eigenvalue weighted by Gasteiger charge is 2.34. The predicted molar refractivity (Wildman–Crippen MR) is 118 cm³/mol. The normalized spacial score (nSPS) is 13.6. The molecule has 1 fully saturated rings. The summed E-state index contributed by atoms with van der Waals surface area (Å²) in [7, 11) is -3.86. The molecule has 7 heteroatoms. The number of hydrogen-bond donors (Lipinski definition) is 1. The topological polar surface area (TPSA) is 66.5 Å². The van der Waals surface area contributed by atoms with Gasteiger partial charge in [0.05, 0.1) is 4.90 Å². The Kier molecular flexibility index (Phi) is 5.78. The molecule has 1 N–H and O–H groups in total. The van der Waals surface area contributed by atoms with Crippen LogP contribution in [0.4, 0.5) is 10.1 Å². The number of carbonyl (C=O) groups is 1. The van der Waals surface area contributed by atoms with Crippen LogP contribution in [0.1, 0.15) is 34.3 Å². The van der Waals surface area contributed by atoms with Gasteiger partial charge < -0.3 is 4.90 Å². The molecule has 0 bridgehead atoms. The average Bonchev–Trinajstić information content (AvgIpc) is 3.59. The summed E-state index contributed by atoms with van der Waals surface area (Å²) in [6, 6.07) is 19.4. The Bertz CT molecular complexity index is 1210. The number of rotatable bonds is 7. The van der Waals surface area contributed by atoms with Gasteiger partial charge in [-0.3, -0.25) is 9.52 Å². The van der Waals surface area contributed by atoms with E-state index in [0.717, 1.165) is 18.4 Å². The summed E-state index contributed by atoms with van der Waals surface area (Å²) >= 11 is 0. The molecule has 0 aromatic heterocycles. The average molecular weight is 439 g/mol. The Morgan fingerprint density at radius 1 is 1.03 bits per heavy atom. The molecule has 3 aromatic carbocycles. The van der Waals surface area contributed by atoms with Crippen molar-refractivity contribution in [2.24, 2.45) is 0 Å². The number of halogens is 1. The van der Waals surface area contributed by atoms with Crippen molar-refractivity contribution in [1.82, 2.24) is 4.90 Å². The van der Waals surface area contributed by atoms with Crippen molar-refractivity contribution in [3.05, 3.63) is 95.3 Å². The zero-order valence-electron chi connectivity index (χ0n) is 17.1. The molecule has 1 amide bonds. The Labute approximate surface area is 181 Å². The molecular weight excluding hydrogens is 415 g/mol. The number of sulfonamides is 1. The number of carbonyl (C=O) groups excluding carboxylic acids is 1. The van der Waals surface area contributed by atoms with E-state index in [2.05, 4.69) is 4.72 Å². The van der Waals surface area contributed by atoms with Crippen molar-refractivity contribution in [3.63, 3.8) is 0 Å². The fourth-order valence-corrected chi connectivity index (χ4v) is 4.46. The number of nitrogens with zero attached hydrogens (tertiary/aromatic N) is 1. The highest BCUT2D eigenvalue weighted by atomic mass is 32.2. The smallest absolute Gasteiger partial charge is 0.261 e. The van der Waals surface area contributed by atoms with E-state index in [1.54, 1.807) is 47.4 Å². The summed E-state index contributed by atoms with van der Waals surface area (Å²) in [4.78, 5) is 14.8. The second kappa shape index (κ2) is 8.51. The fourth-order valence-electron chi connectivity index (χ4n) is 3.36. The lowest BCUT2D eigenvalue weighted by Crippen LogP contribution is -2.33. The zero-order chi connectivity index (χ0) is 22.0. The molecule has 0 unspecified atom stereocenters. The second-order valence-corrected chi connectivity index (χ2v) is 9.44. The van der Waals surface area contributed by atoms with E-state index in [4.69, 9.17) is 0 Å². The van der Waals surface area contributed by atoms with Crippen LogP contribution in [0.25, 0.3) is 0 Å². The molecule has 0 atom stereocenters. The molecule has 0 aliphatic heterocycles. The highest BCUT2D eigenvalue weighted by molar-refractivity contribution is 7.92. The van der Waals surface area contributed by atoms with Crippen molar-refractivity contribution in [1.29, 1.82) is 0 Å². The molecule has 1 aliphatic carbocycles. The van der Waals surface area contributed by atoms with Crippen LogP contribution < -0.4 is 4.72 Å². The van der Waals surface area contributed by atoms with Gasteiger partial charge in [0.15, 0.2) is 0 Å². The number of nitrogens with one attached hydrogen (secondary N) is 1. The summed E-state index contributed by atoms with van der Waals surface area (Å²) in [6.07, 6.45) is 1.71. The van der Waals surface area contributed by atoms with Crippen molar-refractivity contribution in [2.75, 3.05) is 4.72 Å². The molecule has 1 saturated carbocycles. The summed E-state index contributed by atoms with van der Waals surface area (Å²) in [5.41, 5.74) is 2.16. The van der Waals surface area contributed by atoms with Crippen LogP contribution in [0.2, 0.25) is 0 Å². The van der Waals surface area contributed by atoms with E-state index < -0.39 is 10.0 Å². The van der Waals surface area contributed by atoms with Crippen molar-refractivity contribution < 1.29 is 17.6 Å². The molecule has 3 aromatic rings. The first kappa shape index (κ1) is 21.1. The van der Waals surface area contributed by atoms with Gasteiger partial charge in [-0.1, -0.05) is 42.0 Å². The summed E-state index contributed by atoms with van der Waals surface area (Å²) < 4.78 is 42.3. The lowest BCUT2D eigenvalue weighted by Gasteiger charge is -2.23. The first-order chi connectivity index (χ1) is 14.8. The number of hydrogen-bond acceptors (Lipinski definition) is 3. The second-order valence-electron chi connectivity index (χ2n) is 7.75. The minimum absolute atomic E-state index is 0.000522. The van der Waals surface area contributed by atoms with Crippen LogP contribution in [0.3, 0.4) is 0 Å². The minimum Gasteiger partial charge on any atom is -0.331 e. The first-order valence-corrected chi connectivity index (χ1v) is 11.6. The van der Waals surface area contributed by atoms with E-state index in [-0.39, 0.29) is 34.8 Å². The molecule has 1 aliphatic rings. The van der Waals surface area contributed by atoms with E-state index in [9.17, 15) is 17.6 Å². The Balaban J connectivity index is 1.58. The first-order valence-electron chi connectivity index (χ1n) is 10.1. The summed E-state index contributed by atoms with van der Waals surface area (Å²) in [5, 5.41) is 0. The Hall–Kier alpha value is -3.19. The zero-order valence-corrected chi connectivity index (χ0v) is 17.9. The quantitative estimate of drug-likeness (QED) is 0.579. The van der Waals surface area contributed by atoms with Gasteiger partial charge in [-0.15, -0.1) is 0 Å². The van der Waals surface area contributed by atoms with Crippen LogP contribution in [-0.4, -0.2) is 25.3 Å². The molecule has 0 saturated heterocycles. The van der Waals surface area contributed by atoms with E-state index in [0.29, 0.717) is 11.3 Å². The van der Waals surface area contributed by atoms with Gasteiger partial charge in [0, 0.05) is 29.4 Å². The largest absolute Gasteiger partial charge is 0.331 e. The lowest BCUT2D eigenvalue weighted by molar-refractivity contribution is 0.0728. The Morgan fingerprint density at radius 2 is 1.74 bits per heavy atom. The monoisotopic (exact) mass is 438 g/mol. The molecule has 0 heterocycles. The number of amides is 1. The maximum absolute atomic E-state index is 14.1. The Morgan fingerprint density at radius 3 is 2.42 bits per heavy atom. The van der Waals surface area contributed by atoms with Gasteiger partial charge in [0.2, 0.25) is 0 Å². The number of aryl methyl sites for hydroxylation is 1. The molecule has 31 heavy (non-hydrogen) atoms. The van der Waals surface area contributed by atoms with Gasteiger partial charge in [-0.05, 0) is 56.2 Å². The van der Waals surface area contributed by atoms with Crippen LogP contribution >= 0.6 is 0 Å². The van der Waals surface area contributed by atoms with E-state index >= 15 is 0 Å². The lowest BCUT2D eigenvalue weighted by atomic mass is 10.1. The molecule has 4 rings (SSSR count). The van der Waals surface area contributed by atoms with Gasteiger partial charge >= 0.3 is 0 Å². The number of benzene rings is 3. The van der Waals surface area contributed by atoms with Crippen molar-refractivity contribution in [3.8, 4) is 0 Å². The summed E-state index contributed by atoms with van der Waals surface area (Å²) in [6.45, 7) is 2.06. The van der Waals surface area contributed by atoms with Crippen LogP contribution in [0, 0.1) is 12.7 Å². The SMILES string of the molecule is Cc1ccc(NS(=O)(=O)c2cccc(C(=O)N(Cc3ccccc3F)C3CC3)c2)cc1. The standard InChI is InChI=1S/C24H23FN2O3S/c1-17-9-11-20(12-10-17)26-31(29,30)22-7-4-6-18(15-22)24(28)27(21-13-14-21)16-19-5-2-3-8-23(19)25/h2-12,15,21,26H,13-14,16H2,1H3. The van der Waals surface area contributed by atoms with Gasteiger partial charge in [-0.25, -0.2) is 12.8 Å². The molecule has 0 spiro atoms. The van der Waals surface area contributed by atoms with E-state index in [1.807, 2.05) is 19.1 Å². The minimum atomic E-state index is -3.86. The van der Waals surface area contributed by atoms with E-state index in [1.165, 1.54) is 18.2 Å². The highest BCUT2D eigenvalue weighted by Crippen LogP contribution is 2.30. The van der Waals surface area contributed by atoms with Crippen molar-refractivity contribution in [2.45, 2.75) is 37.2 Å². The third-order valence-corrected chi connectivity index (χ3v) is 6.62. The molecule has 0 radical (unpaired) electrons. The summed E-state index contributed by atoms with van der Waals surface area (Å²) in [5.74, 6) is -0.669. The van der Waals surface area contributed by atoms with Crippen LogP contribution in [-0.2, 0) is 16.6 Å². The van der Waals surface area contributed by atoms with Gasteiger partial charge in [-0.2, -0.15) is 0 Å². The van der Waals surface area contributed by atoms with Crippen LogP contribution in [0.15, 0.2) is 77.7 Å². The predicted octanol–water partition coefficient (Wildman–Crippen LogP) is 4.74. The maximum Gasteiger partial charge on any atom is 0.261 e. The third-order valence-electron chi connectivity index (χ3n) is 5.24. The van der Waals surface area contributed by atoms with Crippen LogP contribution in [0.5, 0.6) is 0 Å².